The highest BCUT2D eigenvalue weighted by molar-refractivity contribution is 6.03. The standard InChI is InChI=1S/C43H51N7O6/c1-55-42(53)46-33-17-15-30(21-33)40(51)49-19-3-5-37(49)35-23-32(24-44-35)28-9-7-26(8-10-28)27-11-13-29(14-12-27)36-25-45-39(48-36)38-6-4-20-50(38)41(52)31-16-18-34(22-31)47-43(54)56-2/h7-14,24-25,30-31,33-34,37-38H,3-6,15-23H2,1-2H3,(H,45,48)(H,46,53)(H,47,54)/t30?,31-,33+,34+,37+,38+/m1/s1. The number of imidazole rings is 1. The molecule has 3 N–H and O–H groups in total. The zero-order valence-electron chi connectivity index (χ0n) is 32.2. The van der Waals surface area contributed by atoms with Crippen LogP contribution in [-0.4, -0.2) is 94.9 Å². The molecule has 3 aromatic rings. The van der Waals surface area contributed by atoms with Crippen molar-refractivity contribution < 1.29 is 28.7 Å². The lowest BCUT2D eigenvalue weighted by atomic mass is 9.96. The van der Waals surface area contributed by atoms with Gasteiger partial charge < -0.3 is 34.9 Å². The largest absolute Gasteiger partial charge is 0.453 e. The number of likely N-dealkylation sites (tertiary alicyclic amines) is 2. The van der Waals surface area contributed by atoms with Crippen molar-refractivity contribution in [3.63, 3.8) is 0 Å². The molecule has 2 saturated heterocycles. The van der Waals surface area contributed by atoms with Gasteiger partial charge in [-0.25, -0.2) is 14.6 Å². The maximum atomic E-state index is 13.6. The molecule has 6 atom stereocenters. The third kappa shape index (κ3) is 7.81. The number of rotatable bonds is 9. The Labute approximate surface area is 327 Å². The van der Waals surface area contributed by atoms with Crippen molar-refractivity contribution >= 4 is 35.3 Å². The summed E-state index contributed by atoms with van der Waals surface area (Å²) >= 11 is 0. The summed E-state index contributed by atoms with van der Waals surface area (Å²) in [6.07, 6.45) is 11.7. The van der Waals surface area contributed by atoms with Crippen LogP contribution in [0.2, 0.25) is 0 Å². The maximum Gasteiger partial charge on any atom is 0.407 e. The van der Waals surface area contributed by atoms with Gasteiger partial charge in [-0.05, 0) is 92.0 Å². The van der Waals surface area contributed by atoms with E-state index >= 15 is 0 Å². The smallest absolute Gasteiger partial charge is 0.407 e. The first-order chi connectivity index (χ1) is 27.3. The number of H-pyrrole nitrogens is 1. The van der Waals surface area contributed by atoms with Crippen LogP contribution >= 0.6 is 0 Å². The zero-order valence-corrected chi connectivity index (χ0v) is 32.2. The first-order valence-corrected chi connectivity index (χ1v) is 20.1. The molecule has 8 rings (SSSR count). The van der Waals surface area contributed by atoms with Crippen LogP contribution in [0.4, 0.5) is 9.59 Å². The fourth-order valence-electron chi connectivity index (χ4n) is 9.49. The molecule has 2 aliphatic carbocycles. The summed E-state index contributed by atoms with van der Waals surface area (Å²) in [6, 6.07) is 16.9. The zero-order chi connectivity index (χ0) is 38.8. The minimum absolute atomic E-state index is 0.0232. The topological polar surface area (TPSA) is 158 Å². The van der Waals surface area contributed by atoms with Crippen molar-refractivity contribution in [2.75, 3.05) is 27.3 Å². The first-order valence-electron chi connectivity index (χ1n) is 20.1. The molecule has 2 saturated carbocycles. The van der Waals surface area contributed by atoms with E-state index in [2.05, 4.69) is 64.1 Å². The molecule has 4 heterocycles. The number of allylic oxidation sites excluding steroid dienone is 1. The van der Waals surface area contributed by atoms with Crippen molar-refractivity contribution in [1.29, 1.82) is 0 Å². The number of hydrogen-bond donors (Lipinski definition) is 3. The second kappa shape index (κ2) is 16.3. The molecule has 1 unspecified atom stereocenters. The van der Waals surface area contributed by atoms with Crippen LogP contribution in [0.25, 0.3) is 28.0 Å². The molecule has 0 bridgehead atoms. The Morgan fingerprint density at radius 2 is 1.20 bits per heavy atom. The summed E-state index contributed by atoms with van der Waals surface area (Å²) in [6.45, 7) is 1.46. The molecule has 13 nitrogen and oxygen atoms in total. The van der Waals surface area contributed by atoms with E-state index in [1.54, 1.807) is 0 Å². The van der Waals surface area contributed by atoms with Gasteiger partial charge in [0.15, 0.2) is 0 Å². The van der Waals surface area contributed by atoms with E-state index in [0.29, 0.717) is 19.4 Å². The predicted molar refractivity (Wildman–Crippen MR) is 211 cm³/mol. The van der Waals surface area contributed by atoms with Crippen molar-refractivity contribution in [1.82, 2.24) is 30.4 Å². The lowest BCUT2D eigenvalue weighted by Gasteiger charge is -2.28. The van der Waals surface area contributed by atoms with E-state index < -0.39 is 12.2 Å². The van der Waals surface area contributed by atoms with E-state index in [-0.39, 0.29) is 47.8 Å². The van der Waals surface area contributed by atoms with Crippen molar-refractivity contribution in [3.8, 4) is 22.4 Å². The van der Waals surface area contributed by atoms with Crippen LogP contribution in [0.1, 0.15) is 88.1 Å². The predicted octanol–water partition coefficient (Wildman–Crippen LogP) is 6.63. The van der Waals surface area contributed by atoms with Crippen LogP contribution in [-0.2, 0) is 19.1 Å². The number of aromatic amines is 1. The molecule has 294 valence electrons. The molecule has 1 aromatic heterocycles. The highest BCUT2D eigenvalue weighted by Gasteiger charge is 2.41. The number of nitrogens with zero attached hydrogens (tertiary/aromatic N) is 4. The number of amides is 4. The normalized spacial score (nSPS) is 25.9. The van der Waals surface area contributed by atoms with Gasteiger partial charge in [0.05, 0.1) is 38.2 Å². The number of aromatic nitrogens is 2. The number of hydrogen-bond acceptors (Lipinski definition) is 8. The molecule has 0 radical (unpaired) electrons. The van der Waals surface area contributed by atoms with E-state index in [1.165, 1.54) is 14.2 Å². The monoisotopic (exact) mass is 761 g/mol. The summed E-state index contributed by atoms with van der Waals surface area (Å²) in [5.74, 6) is 0.947. The third-order valence-electron chi connectivity index (χ3n) is 12.5. The molecule has 56 heavy (non-hydrogen) atoms. The van der Waals surface area contributed by atoms with Gasteiger partial charge in [-0.3, -0.25) is 14.6 Å². The Morgan fingerprint density at radius 3 is 1.77 bits per heavy atom. The van der Waals surface area contributed by atoms with Gasteiger partial charge in [-0.1, -0.05) is 48.5 Å². The molecular formula is C43H51N7O6. The maximum absolute atomic E-state index is 13.6. The van der Waals surface area contributed by atoms with Gasteiger partial charge in [-0.15, -0.1) is 0 Å². The number of methoxy groups -OCH3 is 2. The molecular weight excluding hydrogens is 711 g/mol. The molecule has 3 aliphatic heterocycles. The van der Waals surface area contributed by atoms with Gasteiger partial charge in [0.2, 0.25) is 11.8 Å². The summed E-state index contributed by atoms with van der Waals surface area (Å²) in [5.41, 5.74) is 7.51. The second-order valence-corrected chi connectivity index (χ2v) is 15.9. The molecule has 5 aliphatic rings. The molecule has 4 fully saturated rings. The number of benzene rings is 2. The highest BCUT2D eigenvalue weighted by atomic mass is 16.5. The summed E-state index contributed by atoms with van der Waals surface area (Å²) < 4.78 is 9.48. The van der Waals surface area contributed by atoms with Crippen LogP contribution in [0.15, 0.2) is 65.9 Å². The van der Waals surface area contributed by atoms with Crippen LogP contribution < -0.4 is 10.6 Å². The Morgan fingerprint density at radius 1 is 0.679 bits per heavy atom. The lowest BCUT2D eigenvalue weighted by molar-refractivity contribution is -0.136. The summed E-state index contributed by atoms with van der Waals surface area (Å²) in [7, 11) is 2.71. The Bertz CT molecular complexity index is 2010. The van der Waals surface area contributed by atoms with Gasteiger partial charge in [0, 0.05) is 55.3 Å². The van der Waals surface area contributed by atoms with E-state index in [1.807, 2.05) is 22.2 Å². The Hall–Kier alpha value is -5.46. The number of ether oxygens (including phenoxy) is 2. The Kier molecular flexibility index (Phi) is 10.9. The van der Waals surface area contributed by atoms with Gasteiger partial charge in [0.1, 0.15) is 5.82 Å². The minimum Gasteiger partial charge on any atom is -0.453 e. The SMILES string of the molecule is COC(=O)N[C@H]1CCC(C(=O)N2CCC[C@H]2C2=NC=C(c3ccc(-c4ccc(-c5cnc([C@@H]6CCCN6C(=O)[C@@H]6CC[C@H](NC(=O)OC)C6)[nH]5)cc4)cc3)C2)C1. The summed E-state index contributed by atoms with van der Waals surface area (Å²) in [5, 5.41) is 5.70. The van der Waals surface area contributed by atoms with Crippen molar-refractivity contribution in [3.05, 3.63) is 72.3 Å². The number of nitrogens with one attached hydrogen (secondary N) is 3. The second-order valence-electron chi connectivity index (χ2n) is 15.9. The number of aliphatic imine (C=N–C) groups is 1. The molecule has 13 heteroatoms. The average molecular weight is 762 g/mol. The van der Waals surface area contributed by atoms with Gasteiger partial charge >= 0.3 is 12.2 Å². The third-order valence-corrected chi connectivity index (χ3v) is 12.5. The minimum atomic E-state index is -0.450. The summed E-state index contributed by atoms with van der Waals surface area (Å²) in [4.78, 5) is 67.6. The fourth-order valence-corrected chi connectivity index (χ4v) is 9.49. The molecule has 4 amide bonds. The van der Waals surface area contributed by atoms with Crippen LogP contribution in [0.5, 0.6) is 0 Å². The quantitative estimate of drug-likeness (QED) is 0.221. The average Bonchev–Trinajstić information content (AvgIpc) is 4.08. The van der Waals surface area contributed by atoms with Crippen molar-refractivity contribution in [2.24, 2.45) is 16.8 Å². The van der Waals surface area contributed by atoms with E-state index in [0.717, 1.165) is 109 Å². The van der Waals surface area contributed by atoms with Gasteiger partial charge in [0.25, 0.3) is 0 Å². The highest BCUT2D eigenvalue weighted by Crippen LogP contribution is 2.38. The number of carbonyl (C=O) groups is 4. The Balaban J connectivity index is 0.849. The van der Waals surface area contributed by atoms with E-state index in [9.17, 15) is 19.2 Å². The molecule has 0 spiro atoms. The number of carbonyl (C=O) groups excluding carboxylic acids is 4. The number of alkyl carbamates (subject to hydrolysis) is 2. The fraction of sp³-hybridized carbons (Fsp3) is 0.488. The van der Waals surface area contributed by atoms with Crippen molar-refractivity contribution in [2.45, 2.75) is 94.8 Å². The molecule has 2 aromatic carbocycles. The van der Waals surface area contributed by atoms with E-state index in [4.69, 9.17) is 19.5 Å². The van der Waals surface area contributed by atoms with Crippen LogP contribution in [0, 0.1) is 11.8 Å². The van der Waals surface area contributed by atoms with Gasteiger partial charge in [-0.2, -0.15) is 0 Å². The van der Waals surface area contributed by atoms with Crippen LogP contribution in [0.3, 0.4) is 0 Å². The first kappa shape index (κ1) is 37.5. The lowest BCUT2D eigenvalue weighted by Crippen LogP contribution is -2.43.